The van der Waals surface area contributed by atoms with Crippen LogP contribution in [0.4, 0.5) is 23.0 Å². The number of anilines is 4. The quantitative estimate of drug-likeness (QED) is 0.0348. The summed E-state index contributed by atoms with van der Waals surface area (Å²) >= 11 is 0. The number of fused-ring (bicyclic) bond motifs is 3. The van der Waals surface area contributed by atoms with Gasteiger partial charge in [0, 0.05) is 107 Å². The SMILES string of the molecule is COCCN1CCN(c2cc(C)c3nc(-c4c(NC[C@@H](O)c5cccc(C)c5)cc[nH]c4=O)[nH]c3c2)CC1.Nc1ncnc2c1c(-c1cccc(OCc3ccccc3)c1)cn2C1CC(CN2CCC2)C1.Nc1ncnc2c1c(-c1cccc(OCc3ccccc3)c1)cn2C1CC(CN2CCCC2)C1. The standard InChI is InChI=1S/C29H36N6O3.C28H31N5O.C27H29N5O/c1-19-5-4-6-21(15-19)25(36)18-31-23-7-8-30-29(37)26(23)28-32-24-17-22(16-20(2)27(24)33-28)35-11-9-34(10-12-35)13-14-38-3;29-27-26-25(22-9-6-10-24(15-22)34-18-20-7-2-1-3-8-20)17-33(28(26)31-19-30-27)23-13-21(14-23)16-32-11-4-5-12-32;28-26-25-24(21-8-4-9-23(14-21)33-17-19-6-2-1-3-7-19)16-32(27(25)30-18-29-26)22-12-20(13-22)15-31-10-5-11-31/h4-8,15-17,25,36H,9-14,18H2,1-3H3,(H,32,33)(H2,30,31,37);1-3,6-10,15,17,19,21,23H,4-5,11-14,16,18H2,(H2,29,30,31);1-4,6-9,14,16,18,20,22H,5,10-13,15,17H2,(H2,28,29,30)/t25-;;/m1../s1. The van der Waals surface area contributed by atoms with E-state index in [1.54, 1.807) is 32.0 Å². The molecule has 6 aromatic carbocycles. The van der Waals surface area contributed by atoms with E-state index in [0.717, 1.165) is 152 Å². The highest BCUT2D eigenvalue weighted by atomic mass is 16.5. The number of hydrogen-bond donors (Lipinski definition) is 6. The molecular formula is C84H96N16O5. The Bertz CT molecular complexity index is 4970. The monoisotopic (exact) mass is 1410 g/mol. The van der Waals surface area contributed by atoms with Gasteiger partial charge in [0.05, 0.1) is 40.2 Å². The molecule has 2 saturated carbocycles. The number of aryl methyl sites for hydroxylation is 2. The van der Waals surface area contributed by atoms with Crippen molar-refractivity contribution in [1.29, 1.82) is 0 Å². The number of imidazole rings is 1. The van der Waals surface area contributed by atoms with Crippen LogP contribution < -0.4 is 36.7 Å². The number of aromatic nitrogens is 9. The molecule has 0 bridgehead atoms. The summed E-state index contributed by atoms with van der Waals surface area (Å²) in [5, 5.41) is 15.8. The summed E-state index contributed by atoms with van der Waals surface area (Å²) in [7, 11) is 1.74. The number of aliphatic hydroxyl groups is 1. The van der Waals surface area contributed by atoms with E-state index >= 15 is 0 Å². The summed E-state index contributed by atoms with van der Waals surface area (Å²) in [4.78, 5) is 51.8. The molecule has 0 amide bonds. The summed E-state index contributed by atoms with van der Waals surface area (Å²) < 4.78 is 22.0. The molecule has 21 heteroatoms. The minimum Gasteiger partial charge on any atom is -0.489 e. The molecule has 2 aliphatic carbocycles. The van der Waals surface area contributed by atoms with Crippen molar-refractivity contribution in [2.45, 2.75) is 90.2 Å². The number of nitrogens with one attached hydrogen (secondary N) is 3. The van der Waals surface area contributed by atoms with Gasteiger partial charge < -0.3 is 69.9 Å². The lowest BCUT2D eigenvalue weighted by atomic mass is 9.79. The van der Waals surface area contributed by atoms with Crippen LogP contribution in [0.3, 0.4) is 0 Å². The number of hydrogen-bond acceptors (Lipinski definition) is 17. The van der Waals surface area contributed by atoms with Crippen LogP contribution in [-0.4, -0.2) is 156 Å². The van der Waals surface area contributed by atoms with Crippen molar-refractivity contribution in [3.63, 3.8) is 0 Å². The topological polar surface area (TPSA) is 248 Å². The average Bonchev–Trinajstić information content (AvgIpc) is 1.62. The van der Waals surface area contributed by atoms with Gasteiger partial charge in [-0.2, -0.15) is 0 Å². The normalized spacial score (nSPS) is 18.5. The highest BCUT2D eigenvalue weighted by Gasteiger charge is 2.36. The molecular weight excluding hydrogens is 1310 g/mol. The molecule has 1 atom stereocenters. The van der Waals surface area contributed by atoms with E-state index in [9.17, 15) is 9.90 Å². The minimum absolute atomic E-state index is 0.246. The van der Waals surface area contributed by atoms with E-state index in [0.29, 0.717) is 54.0 Å². The van der Waals surface area contributed by atoms with Crippen LogP contribution in [0.15, 0.2) is 188 Å². The maximum Gasteiger partial charge on any atom is 0.261 e. The van der Waals surface area contributed by atoms with Crippen molar-refractivity contribution >= 4 is 56.1 Å². The third-order valence-electron chi connectivity index (χ3n) is 21.7. The third kappa shape index (κ3) is 16.3. The van der Waals surface area contributed by atoms with Crippen LogP contribution in [0.25, 0.3) is 66.7 Å². The smallest absolute Gasteiger partial charge is 0.261 e. The highest BCUT2D eigenvalue weighted by Crippen LogP contribution is 2.46. The van der Waals surface area contributed by atoms with Gasteiger partial charge >= 0.3 is 0 Å². The molecule has 6 aromatic heterocycles. The number of rotatable bonds is 23. The van der Waals surface area contributed by atoms with Crippen molar-refractivity contribution in [3.05, 3.63) is 221 Å². The average molecular weight is 1410 g/mol. The number of piperazine rings is 1. The number of likely N-dealkylation sites (tertiary alicyclic amines) is 2. The number of aliphatic hydroxyl groups excluding tert-OH is 1. The van der Waals surface area contributed by atoms with Gasteiger partial charge in [-0.25, -0.2) is 24.9 Å². The Kier molecular flexibility index (Phi) is 21.6. The van der Waals surface area contributed by atoms with Crippen molar-refractivity contribution in [2.75, 3.05) is 114 Å². The van der Waals surface area contributed by atoms with E-state index < -0.39 is 6.10 Å². The molecule has 8 N–H and O–H groups in total. The summed E-state index contributed by atoms with van der Waals surface area (Å²) in [5.74, 6) is 4.79. The first-order valence-corrected chi connectivity index (χ1v) is 37.3. The number of H-pyrrole nitrogens is 2. The zero-order valence-electron chi connectivity index (χ0n) is 60.4. The molecule has 0 spiro atoms. The van der Waals surface area contributed by atoms with E-state index in [2.05, 4.69) is 144 Å². The number of nitrogens with zero attached hydrogens (tertiary/aromatic N) is 11. The number of nitrogen functional groups attached to an aromatic ring is 2. The summed E-state index contributed by atoms with van der Waals surface area (Å²) in [6, 6.07) is 51.7. The van der Waals surface area contributed by atoms with E-state index in [-0.39, 0.29) is 12.1 Å². The first kappa shape index (κ1) is 70.3. The van der Waals surface area contributed by atoms with Gasteiger partial charge in [-0.3, -0.25) is 9.69 Å². The molecule has 0 unspecified atom stereocenters. The van der Waals surface area contributed by atoms with Crippen LogP contribution in [0.1, 0.15) is 91.0 Å². The van der Waals surface area contributed by atoms with Crippen LogP contribution >= 0.6 is 0 Å². The summed E-state index contributed by atoms with van der Waals surface area (Å²) in [5.41, 5.74) is 27.8. The highest BCUT2D eigenvalue weighted by molar-refractivity contribution is 6.02. The Morgan fingerprint density at radius 1 is 0.610 bits per heavy atom. The predicted octanol–water partition coefficient (Wildman–Crippen LogP) is 13.7. The van der Waals surface area contributed by atoms with Crippen LogP contribution in [0, 0.1) is 25.7 Å². The van der Waals surface area contributed by atoms with Gasteiger partial charge in [0.1, 0.15) is 71.7 Å². The summed E-state index contributed by atoms with van der Waals surface area (Å²) in [6.07, 6.45) is 17.3. The van der Waals surface area contributed by atoms with Gasteiger partial charge in [-0.15, -0.1) is 0 Å². The zero-order chi connectivity index (χ0) is 71.8. The van der Waals surface area contributed by atoms with Gasteiger partial charge in [-0.05, 0) is 173 Å². The molecule has 105 heavy (non-hydrogen) atoms. The fraction of sp³-hybridized carbons (Fsp3) is 0.357. The van der Waals surface area contributed by atoms with Crippen LogP contribution in [0.2, 0.25) is 0 Å². The lowest BCUT2D eigenvalue weighted by molar-refractivity contribution is 0.0921. The Labute approximate surface area is 613 Å². The second-order valence-corrected chi connectivity index (χ2v) is 29.0. The molecule has 542 valence electrons. The third-order valence-corrected chi connectivity index (χ3v) is 21.7. The largest absolute Gasteiger partial charge is 0.489 e. The molecule has 3 saturated heterocycles. The number of methoxy groups -OCH3 is 1. The fourth-order valence-electron chi connectivity index (χ4n) is 15.7. The lowest BCUT2D eigenvalue weighted by Crippen LogP contribution is -2.47. The maximum atomic E-state index is 12.9. The van der Waals surface area contributed by atoms with E-state index in [1.165, 1.54) is 84.2 Å². The van der Waals surface area contributed by atoms with E-state index in [4.69, 9.17) is 30.7 Å². The first-order valence-electron chi connectivity index (χ1n) is 37.3. The number of benzene rings is 6. The van der Waals surface area contributed by atoms with Gasteiger partial charge in [-0.1, -0.05) is 115 Å². The zero-order valence-corrected chi connectivity index (χ0v) is 60.4. The maximum absolute atomic E-state index is 12.9. The minimum atomic E-state index is -0.711. The van der Waals surface area contributed by atoms with E-state index in [1.807, 2.05) is 91.9 Å². The van der Waals surface area contributed by atoms with Crippen molar-refractivity contribution < 1.29 is 19.3 Å². The predicted molar refractivity (Wildman–Crippen MR) is 419 cm³/mol. The van der Waals surface area contributed by atoms with Crippen molar-refractivity contribution in [2.24, 2.45) is 11.8 Å². The molecule has 12 aromatic rings. The molecule has 5 aliphatic rings. The Balaban J connectivity index is 0.000000127. The number of pyridine rings is 1. The summed E-state index contributed by atoms with van der Waals surface area (Å²) in [6.45, 7) is 18.5. The molecule has 21 nitrogen and oxygen atoms in total. The van der Waals surface area contributed by atoms with Crippen molar-refractivity contribution in [1.82, 2.24) is 58.7 Å². The number of ether oxygens (including phenoxy) is 3. The Morgan fingerprint density at radius 2 is 1.17 bits per heavy atom. The molecule has 9 heterocycles. The fourth-order valence-corrected chi connectivity index (χ4v) is 15.7. The Morgan fingerprint density at radius 3 is 1.71 bits per heavy atom. The van der Waals surface area contributed by atoms with Crippen LogP contribution in [0.5, 0.6) is 11.5 Å². The molecule has 17 rings (SSSR count). The molecule has 3 aliphatic heterocycles. The second kappa shape index (κ2) is 32.3. The first-order chi connectivity index (χ1) is 51.4. The van der Waals surface area contributed by atoms with Gasteiger partial charge in [0.25, 0.3) is 5.56 Å². The number of aromatic amines is 2. The molecule has 0 radical (unpaired) electrons. The second-order valence-electron chi connectivity index (χ2n) is 29.0. The Hall–Kier alpha value is -10.4. The van der Waals surface area contributed by atoms with Crippen molar-refractivity contribution in [3.8, 4) is 45.1 Å². The number of nitrogens with two attached hydrogens (primary N) is 2. The van der Waals surface area contributed by atoms with Crippen LogP contribution in [-0.2, 0) is 18.0 Å². The molecule has 5 fully saturated rings. The van der Waals surface area contributed by atoms with Gasteiger partial charge in [0.2, 0.25) is 0 Å². The van der Waals surface area contributed by atoms with Gasteiger partial charge in [0.15, 0.2) is 0 Å². The lowest BCUT2D eigenvalue weighted by Gasteiger charge is -2.42.